The van der Waals surface area contributed by atoms with E-state index in [4.69, 9.17) is 4.74 Å². The molecule has 1 amide bonds. The lowest BCUT2D eigenvalue weighted by atomic mass is 10.0. The maximum absolute atomic E-state index is 13.1. The summed E-state index contributed by atoms with van der Waals surface area (Å²) in [5.41, 5.74) is 3.70. The van der Waals surface area contributed by atoms with Gasteiger partial charge in [-0.25, -0.2) is 9.67 Å². The molecule has 2 heterocycles. The Hall–Kier alpha value is -3.15. The number of amides is 1. The van der Waals surface area contributed by atoms with Crippen LogP contribution in [0, 0.1) is 13.8 Å². The molecule has 3 aromatic rings. The van der Waals surface area contributed by atoms with Gasteiger partial charge in [-0.05, 0) is 70.0 Å². The summed E-state index contributed by atoms with van der Waals surface area (Å²) in [6, 6.07) is 13.7. The van der Waals surface area contributed by atoms with Crippen molar-refractivity contribution in [3.8, 4) is 11.6 Å². The second-order valence-corrected chi connectivity index (χ2v) is 7.24. The molecular weight excluding hydrogens is 364 g/mol. The molecule has 0 aliphatic rings. The minimum absolute atomic E-state index is 0.0130. The zero-order chi connectivity index (χ0) is 21.0. The summed E-state index contributed by atoms with van der Waals surface area (Å²) in [5.74, 6) is 1.53. The summed E-state index contributed by atoms with van der Waals surface area (Å²) >= 11 is 0. The van der Waals surface area contributed by atoms with E-state index in [0.29, 0.717) is 17.9 Å². The maximum Gasteiger partial charge on any atom is 0.255 e. The minimum atomic E-state index is -0.0130. The van der Waals surface area contributed by atoms with Crippen molar-refractivity contribution < 1.29 is 9.53 Å². The molecule has 0 aliphatic carbocycles. The molecule has 1 atom stereocenters. The molecule has 0 saturated heterocycles. The number of ether oxygens (including phenoxy) is 1. The summed E-state index contributed by atoms with van der Waals surface area (Å²) < 4.78 is 7.00. The van der Waals surface area contributed by atoms with Gasteiger partial charge in [0, 0.05) is 24.5 Å². The molecule has 6 nitrogen and oxygen atoms in total. The van der Waals surface area contributed by atoms with Crippen LogP contribution >= 0.6 is 0 Å². The number of pyridine rings is 1. The van der Waals surface area contributed by atoms with Crippen molar-refractivity contribution in [1.82, 2.24) is 19.7 Å². The zero-order valence-electron chi connectivity index (χ0n) is 17.7. The van der Waals surface area contributed by atoms with Gasteiger partial charge in [-0.2, -0.15) is 5.10 Å². The van der Waals surface area contributed by atoms with E-state index < -0.39 is 0 Å². The van der Waals surface area contributed by atoms with E-state index in [2.05, 4.69) is 17.0 Å². The number of nitrogens with zero attached hydrogens (tertiary/aromatic N) is 4. The molecule has 0 spiro atoms. The van der Waals surface area contributed by atoms with Crippen molar-refractivity contribution in [3.63, 3.8) is 0 Å². The van der Waals surface area contributed by atoms with E-state index in [1.807, 2.05) is 68.1 Å². The molecule has 3 rings (SSSR count). The maximum atomic E-state index is 13.1. The average molecular weight is 393 g/mol. The first kappa shape index (κ1) is 20.6. The molecular formula is C23H28N4O2. The lowest BCUT2D eigenvalue weighted by Crippen LogP contribution is -2.39. The lowest BCUT2D eigenvalue weighted by molar-refractivity contribution is 0.0703. The van der Waals surface area contributed by atoms with Gasteiger partial charge >= 0.3 is 0 Å². The van der Waals surface area contributed by atoms with Crippen LogP contribution in [-0.4, -0.2) is 45.3 Å². The number of methoxy groups -OCH3 is 1. The normalized spacial score (nSPS) is 11.9. The van der Waals surface area contributed by atoms with Crippen molar-refractivity contribution in [1.29, 1.82) is 0 Å². The predicted molar refractivity (Wildman–Crippen MR) is 114 cm³/mol. The van der Waals surface area contributed by atoms with Crippen LogP contribution in [0.3, 0.4) is 0 Å². The van der Waals surface area contributed by atoms with E-state index in [1.54, 1.807) is 18.0 Å². The lowest BCUT2D eigenvalue weighted by Gasteiger charge is -2.28. The number of hydrogen-bond donors (Lipinski definition) is 0. The fraction of sp³-hybridized carbons (Fsp3) is 0.348. The van der Waals surface area contributed by atoms with Crippen LogP contribution in [0.2, 0.25) is 0 Å². The number of hydrogen-bond acceptors (Lipinski definition) is 4. The van der Waals surface area contributed by atoms with Crippen molar-refractivity contribution in [2.75, 3.05) is 13.7 Å². The molecule has 1 unspecified atom stereocenters. The van der Waals surface area contributed by atoms with Gasteiger partial charge in [-0.1, -0.05) is 12.1 Å². The first-order valence-electron chi connectivity index (χ1n) is 9.86. The Morgan fingerprint density at radius 3 is 2.41 bits per heavy atom. The van der Waals surface area contributed by atoms with Gasteiger partial charge in [-0.15, -0.1) is 0 Å². The summed E-state index contributed by atoms with van der Waals surface area (Å²) in [6.07, 6.45) is 2.41. The van der Waals surface area contributed by atoms with Crippen LogP contribution in [0.1, 0.15) is 41.2 Å². The van der Waals surface area contributed by atoms with Gasteiger partial charge in [0.1, 0.15) is 5.75 Å². The van der Waals surface area contributed by atoms with Gasteiger partial charge < -0.3 is 9.64 Å². The number of carbonyl (C=O) groups excluding carboxylic acids is 1. The van der Waals surface area contributed by atoms with Crippen molar-refractivity contribution in [3.05, 3.63) is 71.2 Å². The molecule has 0 bridgehead atoms. The molecule has 6 heteroatoms. The third-order valence-corrected chi connectivity index (χ3v) is 5.05. The molecule has 0 aliphatic heterocycles. The number of aromatic nitrogens is 3. The van der Waals surface area contributed by atoms with Crippen LogP contribution in [0.4, 0.5) is 0 Å². The predicted octanol–water partition coefficient (Wildman–Crippen LogP) is 3.99. The third kappa shape index (κ3) is 4.65. The number of rotatable bonds is 7. The summed E-state index contributed by atoms with van der Waals surface area (Å²) in [6.45, 7) is 8.64. The SMILES string of the molecule is CCN(C(=O)c1ccc(-n2nc(C)cc2C)nc1)C(C)Cc1ccc(OC)cc1. The first-order chi connectivity index (χ1) is 13.9. The Labute approximate surface area is 172 Å². The fourth-order valence-electron chi connectivity index (χ4n) is 3.53. The van der Waals surface area contributed by atoms with E-state index in [-0.39, 0.29) is 11.9 Å². The van der Waals surface area contributed by atoms with Crippen LogP contribution in [0.5, 0.6) is 5.75 Å². The van der Waals surface area contributed by atoms with Crippen LogP contribution in [0.25, 0.3) is 5.82 Å². The number of benzene rings is 1. The molecule has 29 heavy (non-hydrogen) atoms. The van der Waals surface area contributed by atoms with E-state index in [0.717, 1.165) is 23.6 Å². The molecule has 0 fully saturated rings. The van der Waals surface area contributed by atoms with Crippen molar-refractivity contribution in [2.45, 2.75) is 40.2 Å². The summed E-state index contributed by atoms with van der Waals surface area (Å²) in [7, 11) is 1.66. The highest BCUT2D eigenvalue weighted by molar-refractivity contribution is 5.94. The second kappa shape index (κ2) is 8.90. The van der Waals surface area contributed by atoms with E-state index in [9.17, 15) is 4.79 Å². The van der Waals surface area contributed by atoms with Crippen molar-refractivity contribution >= 4 is 5.91 Å². The number of carbonyl (C=O) groups is 1. The van der Waals surface area contributed by atoms with E-state index in [1.165, 1.54) is 5.56 Å². The number of aryl methyl sites for hydroxylation is 2. The monoisotopic (exact) mass is 392 g/mol. The van der Waals surface area contributed by atoms with Crippen LogP contribution in [0.15, 0.2) is 48.7 Å². The average Bonchev–Trinajstić information content (AvgIpc) is 3.07. The zero-order valence-corrected chi connectivity index (χ0v) is 17.7. The highest BCUT2D eigenvalue weighted by Crippen LogP contribution is 2.17. The van der Waals surface area contributed by atoms with Crippen LogP contribution in [-0.2, 0) is 6.42 Å². The Morgan fingerprint density at radius 1 is 1.17 bits per heavy atom. The Balaban J connectivity index is 1.73. The van der Waals surface area contributed by atoms with Crippen molar-refractivity contribution in [2.24, 2.45) is 0 Å². The quantitative estimate of drug-likeness (QED) is 0.610. The smallest absolute Gasteiger partial charge is 0.255 e. The Kier molecular flexibility index (Phi) is 6.32. The fourth-order valence-corrected chi connectivity index (χ4v) is 3.53. The molecule has 0 radical (unpaired) electrons. The standard InChI is InChI=1S/C23H28N4O2/c1-6-26(17(3)14-19-7-10-21(29-5)11-8-19)23(28)20-9-12-22(24-15-20)27-18(4)13-16(2)25-27/h7-13,15,17H,6,14H2,1-5H3. The Bertz CT molecular complexity index is 962. The highest BCUT2D eigenvalue weighted by Gasteiger charge is 2.21. The molecule has 0 N–H and O–H groups in total. The molecule has 152 valence electrons. The molecule has 2 aromatic heterocycles. The Morgan fingerprint density at radius 2 is 1.90 bits per heavy atom. The van der Waals surface area contributed by atoms with Crippen LogP contribution < -0.4 is 4.74 Å². The van der Waals surface area contributed by atoms with Gasteiger partial charge in [0.2, 0.25) is 0 Å². The molecule has 1 aromatic carbocycles. The van der Waals surface area contributed by atoms with Gasteiger partial charge in [0.15, 0.2) is 5.82 Å². The second-order valence-electron chi connectivity index (χ2n) is 7.24. The number of likely N-dealkylation sites (N-methyl/N-ethyl adjacent to an activating group) is 1. The highest BCUT2D eigenvalue weighted by atomic mass is 16.5. The van der Waals surface area contributed by atoms with E-state index >= 15 is 0 Å². The summed E-state index contributed by atoms with van der Waals surface area (Å²) in [4.78, 5) is 19.4. The van der Waals surface area contributed by atoms with Gasteiger partial charge in [0.25, 0.3) is 5.91 Å². The summed E-state index contributed by atoms with van der Waals surface area (Å²) in [5, 5.41) is 4.44. The van der Waals surface area contributed by atoms with Gasteiger partial charge in [-0.3, -0.25) is 4.79 Å². The third-order valence-electron chi connectivity index (χ3n) is 5.05. The minimum Gasteiger partial charge on any atom is -0.497 e. The molecule has 0 saturated carbocycles. The first-order valence-corrected chi connectivity index (χ1v) is 9.86. The topological polar surface area (TPSA) is 60.2 Å². The van der Waals surface area contributed by atoms with Gasteiger partial charge in [0.05, 0.1) is 18.4 Å². The largest absolute Gasteiger partial charge is 0.497 e.